The van der Waals surface area contributed by atoms with E-state index in [2.05, 4.69) is 27.4 Å². The van der Waals surface area contributed by atoms with Gasteiger partial charge >= 0.3 is 5.22 Å². The zero-order valence-corrected chi connectivity index (χ0v) is 22.8. The van der Waals surface area contributed by atoms with Crippen LogP contribution < -0.4 is 10.6 Å². The van der Waals surface area contributed by atoms with Crippen molar-refractivity contribution in [3.05, 3.63) is 42.5 Å². The number of aromatic nitrogens is 2. The SMILES string of the molecule is C=CCCCCCCCC(=O)NCCOCCOCCNC(=O)c1ccc(-c2nnc(S(C)(=O)=O)o2)cc1. The highest BCUT2D eigenvalue weighted by Crippen LogP contribution is 2.20. The summed E-state index contributed by atoms with van der Waals surface area (Å²) in [5, 5.41) is 12.4. The van der Waals surface area contributed by atoms with Crippen LogP contribution >= 0.6 is 0 Å². The summed E-state index contributed by atoms with van der Waals surface area (Å²) < 4.78 is 38.9. The molecule has 0 fully saturated rings. The molecule has 0 aliphatic carbocycles. The number of nitrogens with zero attached hydrogens (tertiary/aromatic N) is 2. The van der Waals surface area contributed by atoms with Gasteiger partial charge in [0.25, 0.3) is 5.91 Å². The fourth-order valence-corrected chi connectivity index (χ4v) is 3.78. The average molecular weight is 551 g/mol. The van der Waals surface area contributed by atoms with Gasteiger partial charge in [0.15, 0.2) is 0 Å². The summed E-state index contributed by atoms with van der Waals surface area (Å²) in [6.45, 7) is 6.03. The zero-order valence-electron chi connectivity index (χ0n) is 21.9. The van der Waals surface area contributed by atoms with Crippen LogP contribution in [-0.2, 0) is 24.1 Å². The van der Waals surface area contributed by atoms with E-state index in [1.165, 1.54) is 12.8 Å². The van der Waals surface area contributed by atoms with Crippen LogP contribution in [-0.4, -0.2) is 76.2 Å². The van der Waals surface area contributed by atoms with E-state index in [9.17, 15) is 18.0 Å². The third kappa shape index (κ3) is 12.4. The monoisotopic (exact) mass is 550 g/mol. The van der Waals surface area contributed by atoms with E-state index >= 15 is 0 Å². The van der Waals surface area contributed by atoms with E-state index in [1.54, 1.807) is 24.3 Å². The maximum atomic E-state index is 12.3. The molecule has 0 spiro atoms. The molecule has 2 rings (SSSR count). The van der Waals surface area contributed by atoms with Gasteiger partial charge in [-0.15, -0.1) is 11.7 Å². The fourth-order valence-electron chi connectivity index (χ4n) is 3.36. The molecule has 1 heterocycles. The number of hydrogen-bond acceptors (Lipinski definition) is 9. The highest BCUT2D eigenvalue weighted by Gasteiger charge is 2.17. The van der Waals surface area contributed by atoms with Gasteiger partial charge in [-0.3, -0.25) is 9.59 Å². The predicted octanol–water partition coefficient (Wildman–Crippen LogP) is 2.94. The highest BCUT2D eigenvalue weighted by molar-refractivity contribution is 7.90. The Kier molecular flexibility index (Phi) is 14.3. The van der Waals surface area contributed by atoms with Crippen molar-refractivity contribution in [1.82, 2.24) is 20.8 Å². The van der Waals surface area contributed by atoms with Crippen molar-refractivity contribution < 1.29 is 31.9 Å². The van der Waals surface area contributed by atoms with Gasteiger partial charge in [0, 0.05) is 36.9 Å². The first-order valence-electron chi connectivity index (χ1n) is 12.8. The lowest BCUT2D eigenvalue weighted by atomic mass is 10.1. The minimum absolute atomic E-state index is 0.0522. The Morgan fingerprint density at radius 2 is 1.55 bits per heavy atom. The van der Waals surface area contributed by atoms with Crippen LogP contribution in [0.1, 0.15) is 55.3 Å². The summed E-state index contributed by atoms with van der Waals surface area (Å²) in [7, 11) is -3.59. The van der Waals surface area contributed by atoms with Crippen molar-refractivity contribution in [1.29, 1.82) is 0 Å². The lowest BCUT2D eigenvalue weighted by molar-refractivity contribution is -0.121. The Labute approximate surface area is 224 Å². The summed E-state index contributed by atoms with van der Waals surface area (Å²) in [4.78, 5) is 24.1. The van der Waals surface area contributed by atoms with Crippen molar-refractivity contribution in [3.63, 3.8) is 0 Å². The van der Waals surface area contributed by atoms with Crippen LogP contribution in [0.15, 0.2) is 46.6 Å². The Morgan fingerprint density at radius 3 is 2.18 bits per heavy atom. The van der Waals surface area contributed by atoms with Crippen LogP contribution in [0.4, 0.5) is 0 Å². The van der Waals surface area contributed by atoms with Crippen molar-refractivity contribution in [2.24, 2.45) is 0 Å². The third-order valence-electron chi connectivity index (χ3n) is 5.40. The van der Waals surface area contributed by atoms with Gasteiger partial charge < -0.3 is 24.5 Å². The van der Waals surface area contributed by atoms with Gasteiger partial charge in [0.2, 0.25) is 21.6 Å². The van der Waals surface area contributed by atoms with E-state index in [0.717, 1.165) is 31.9 Å². The van der Waals surface area contributed by atoms with E-state index < -0.39 is 15.1 Å². The molecule has 0 saturated carbocycles. The van der Waals surface area contributed by atoms with Crippen molar-refractivity contribution in [3.8, 4) is 11.5 Å². The second-order valence-corrected chi connectivity index (χ2v) is 10.5. The van der Waals surface area contributed by atoms with Gasteiger partial charge in [-0.2, -0.15) is 0 Å². The molecule has 0 aliphatic heterocycles. The molecule has 2 amide bonds. The molecule has 12 heteroatoms. The number of benzene rings is 1. The van der Waals surface area contributed by atoms with Crippen LogP contribution in [0.25, 0.3) is 11.5 Å². The smallest absolute Gasteiger partial charge is 0.335 e. The number of sulfone groups is 1. The normalized spacial score (nSPS) is 11.3. The third-order valence-corrected chi connectivity index (χ3v) is 6.20. The summed E-state index contributed by atoms with van der Waals surface area (Å²) in [6, 6.07) is 6.34. The molecule has 11 nitrogen and oxygen atoms in total. The molecule has 2 N–H and O–H groups in total. The van der Waals surface area contributed by atoms with E-state index in [4.69, 9.17) is 13.9 Å². The molecule has 2 aromatic rings. The van der Waals surface area contributed by atoms with Gasteiger partial charge in [-0.1, -0.05) is 30.4 Å². The largest absolute Gasteiger partial charge is 0.408 e. The van der Waals surface area contributed by atoms with Gasteiger partial charge in [0.05, 0.1) is 26.4 Å². The van der Waals surface area contributed by atoms with E-state index in [0.29, 0.717) is 57.1 Å². The van der Waals surface area contributed by atoms with E-state index in [1.807, 2.05) is 6.08 Å². The Hall–Kier alpha value is -3.09. The topological polar surface area (TPSA) is 150 Å². The molecule has 38 heavy (non-hydrogen) atoms. The number of carbonyl (C=O) groups excluding carboxylic acids is 2. The predicted molar refractivity (Wildman–Crippen MR) is 142 cm³/mol. The summed E-state index contributed by atoms with van der Waals surface area (Å²) in [5.74, 6) is -0.171. The standard InChI is InChI=1S/C26H38N4O7S/c1-3-4-5-6-7-8-9-10-23(31)27-15-17-35-19-20-36-18-16-28-24(32)21-11-13-22(14-12-21)25-29-30-26(37-25)38(2,33)34/h3,11-14H,1,4-10,15-20H2,2H3,(H,27,31)(H,28,32). The summed E-state index contributed by atoms with van der Waals surface area (Å²) in [5.41, 5.74) is 0.919. The minimum atomic E-state index is -3.59. The van der Waals surface area contributed by atoms with Crippen LogP contribution in [0.3, 0.4) is 0 Å². The molecule has 0 radical (unpaired) electrons. The molecule has 0 unspecified atom stereocenters. The Balaban J connectivity index is 1.47. The number of carbonyl (C=O) groups is 2. The number of hydrogen-bond donors (Lipinski definition) is 2. The number of amides is 2. The maximum Gasteiger partial charge on any atom is 0.335 e. The molecule has 0 bridgehead atoms. The fraction of sp³-hybridized carbons (Fsp3) is 0.538. The first-order valence-corrected chi connectivity index (χ1v) is 14.7. The minimum Gasteiger partial charge on any atom is -0.408 e. The molecule has 1 aromatic carbocycles. The van der Waals surface area contributed by atoms with Gasteiger partial charge in [0.1, 0.15) is 0 Å². The quantitative estimate of drug-likeness (QED) is 0.187. The number of nitrogens with one attached hydrogen (secondary N) is 2. The lowest BCUT2D eigenvalue weighted by Gasteiger charge is -2.08. The van der Waals surface area contributed by atoms with Crippen molar-refractivity contribution in [2.45, 2.75) is 50.2 Å². The van der Waals surface area contributed by atoms with Gasteiger partial charge in [-0.25, -0.2) is 8.42 Å². The average Bonchev–Trinajstić information content (AvgIpc) is 3.40. The van der Waals surface area contributed by atoms with Crippen LogP contribution in [0.2, 0.25) is 0 Å². The Bertz CT molecular complexity index is 1100. The van der Waals surface area contributed by atoms with Crippen molar-refractivity contribution in [2.75, 3.05) is 45.8 Å². The highest BCUT2D eigenvalue weighted by atomic mass is 32.2. The molecular formula is C26H38N4O7S. The zero-order chi connectivity index (χ0) is 27.6. The van der Waals surface area contributed by atoms with Crippen LogP contribution in [0.5, 0.6) is 0 Å². The second-order valence-electron chi connectivity index (χ2n) is 8.65. The molecule has 1 aromatic heterocycles. The molecular weight excluding hydrogens is 512 g/mol. The lowest BCUT2D eigenvalue weighted by Crippen LogP contribution is -2.28. The first kappa shape index (κ1) is 31.1. The summed E-state index contributed by atoms with van der Waals surface area (Å²) >= 11 is 0. The molecule has 0 saturated heterocycles. The molecule has 0 aliphatic rings. The maximum absolute atomic E-state index is 12.3. The number of allylic oxidation sites excluding steroid dienone is 1. The molecule has 210 valence electrons. The second kappa shape index (κ2) is 17.4. The summed E-state index contributed by atoms with van der Waals surface area (Å²) in [6.07, 6.45) is 10.0. The van der Waals surface area contributed by atoms with Crippen molar-refractivity contribution >= 4 is 21.7 Å². The van der Waals surface area contributed by atoms with Crippen LogP contribution in [0, 0.1) is 0 Å². The van der Waals surface area contributed by atoms with E-state index in [-0.39, 0.29) is 17.7 Å². The number of ether oxygens (including phenoxy) is 2. The number of rotatable bonds is 20. The Morgan fingerprint density at radius 1 is 0.921 bits per heavy atom. The van der Waals surface area contributed by atoms with Gasteiger partial charge in [-0.05, 0) is 43.5 Å². The first-order chi connectivity index (χ1) is 18.3. The molecule has 0 atom stereocenters. The number of unbranched alkanes of at least 4 members (excludes halogenated alkanes) is 5.